The molecular weight excluding hydrogens is 343 g/mol. The molecule has 1 saturated heterocycles. The second-order valence-corrected chi connectivity index (χ2v) is 6.76. The summed E-state index contributed by atoms with van der Waals surface area (Å²) in [5, 5.41) is 3.13. The van der Waals surface area contributed by atoms with Gasteiger partial charge in [-0.05, 0) is 57.0 Å². The summed E-state index contributed by atoms with van der Waals surface area (Å²) in [6, 6.07) is 9.10. The van der Waals surface area contributed by atoms with Gasteiger partial charge in [0.25, 0.3) is 0 Å². The molecule has 0 unspecified atom stereocenters. The number of nitrogens with zero attached hydrogens (tertiary/aromatic N) is 5. The van der Waals surface area contributed by atoms with Gasteiger partial charge in [0.1, 0.15) is 11.6 Å². The highest BCUT2D eigenvalue weighted by atomic mass is 19.1. The predicted octanol–water partition coefficient (Wildman–Crippen LogP) is 4.11. The van der Waals surface area contributed by atoms with E-state index in [1.165, 1.54) is 12.3 Å². The average molecular weight is 364 g/mol. The zero-order valence-electron chi connectivity index (χ0n) is 15.4. The molecule has 3 aromatic rings. The highest BCUT2D eigenvalue weighted by molar-refractivity contribution is 5.55. The van der Waals surface area contributed by atoms with Crippen LogP contribution in [0.5, 0.6) is 0 Å². The quantitative estimate of drug-likeness (QED) is 0.752. The fraction of sp³-hybridized carbons (Fsp3) is 0.300. The van der Waals surface area contributed by atoms with Crippen LogP contribution in [-0.2, 0) is 0 Å². The third-order valence-electron chi connectivity index (χ3n) is 4.61. The van der Waals surface area contributed by atoms with Crippen molar-refractivity contribution in [1.82, 2.24) is 19.9 Å². The number of halogens is 1. The lowest BCUT2D eigenvalue weighted by Crippen LogP contribution is -2.25. The minimum Gasteiger partial charge on any atom is -0.339 e. The van der Waals surface area contributed by atoms with Gasteiger partial charge in [-0.25, -0.2) is 19.3 Å². The van der Waals surface area contributed by atoms with Crippen molar-refractivity contribution in [3.8, 4) is 0 Å². The Balaban J connectivity index is 1.53. The normalized spacial score (nSPS) is 16.6. The SMILES string of the molecule is Cc1cc(C)nc(N2CCC[C@H]2c2ccc(Nc3ccc(F)cn3)cn2)n1. The van der Waals surface area contributed by atoms with E-state index in [4.69, 9.17) is 0 Å². The highest BCUT2D eigenvalue weighted by Gasteiger charge is 2.29. The summed E-state index contributed by atoms with van der Waals surface area (Å²) < 4.78 is 13.0. The Hall–Kier alpha value is -3.09. The number of aromatic nitrogens is 4. The fourth-order valence-corrected chi connectivity index (χ4v) is 3.42. The van der Waals surface area contributed by atoms with E-state index in [0.717, 1.165) is 48.1 Å². The summed E-state index contributed by atoms with van der Waals surface area (Å²) in [6.45, 7) is 4.91. The summed E-state index contributed by atoms with van der Waals surface area (Å²) in [7, 11) is 0. The van der Waals surface area contributed by atoms with Crippen LogP contribution in [0, 0.1) is 19.7 Å². The van der Waals surface area contributed by atoms with Crippen LogP contribution in [0.1, 0.15) is 36.0 Å². The Kier molecular flexibility index (Phi) is 4.66. The molecule has 0 aliphatic carbocycles. The molecule has 27 heavy (non-hydrogen) atoms. The second-order valence-electron chi connectivity index (χ2n) is 6.76. The van der Waals surface area contributed by atoms with Gasteiger partial charge in [-0.1, -0.05) is 0 Å². The lowest BCUT2D eigenvalue weighted by Gasteiger charge is -2.25. The third-order valence-corrected chi connectivity index (χ3v) is 4.61. The van der Waals surface area contributed by atoms with Gasteiger partial charge in [0.05, 0.1) is 29.8 Å². The van der Waals surface area contributed by atoms with Gasteiger partial charge in [-0.15, -0.1) is 0 Å². The number of anilines is 3. The Morgan fingerprint density at radius 1 is 1.04 bits per heavy atom. The van der Waals surface area contributed by atoms with Crippen LogP contribution in [-0.4, -0.2) is 26.5 Å². The van der Waals surface area contributed by atoms with Gasteiger partial charge < -0.3 is 10.2 Å². The maximum absolute atomic E-state index is 13.0. The van der Waals surface area contributed by atoms with Crippen LogP contribution in [0.15, 0.2) is 42.7 Å². The Morgan fingerprint density at radius 2 is 1.85 bits per heavy atom. The summed E-state index contributed by atoms with van der Waals surface area (Å²) in [4.78, 5) is 20.1. The van der Waals surface area contributed by atoms with E-state index in [9.17, 15) is 4.39 Å². The molecule has 0 bridgehead atoms. The van der Waals surface area contributed by atoms with Crippen molar-refractivity contribution in [2.45, 2.75) is 32.7 Å². The van der Waals surface area contributed by atoms with E-state index < -0.39 is 0 Å². The number of aryl methyl sites for hydroxylation is 2. The number of nitrogens with one attached hydrogen (secondary N) is 1. The zero-order chi connectivity index (χ0) is 18.8. The average Bonchev–Trinajstić information content (AvgIpc) is 3.13. The molecule has 7 heteroatoms. The van der Waals surface area contributed by atoms with Crippen molar-refractivity contribution >= 4 is 17.5 Å². The molecule has 1 aliphatic heterocycles. The zero-order valence-corrected chi connectivity index (χ0v) is 15.4. The molecule has 1 N–H and O–H groups in total. The van der Waals surface area contributed by atoms with E-state index in [0.29, 0.717) is 5.82 Å². The van der Waals surface area contributed by atoms with Crippen LogP contribution in [0.2, 0.25) is 0 Å². The minimum absolute atomic E-state index is 0.171. The first-order valence-corrected chi connectivity index (χ1v) is 9.02. The van der Waals surface area contributed by atoms with Crippen LogP contribution < -0.4 is 10.2 Å². The van der Waals surface area contributed by atoms with Crippen molar-refractivity contribution in [2.75, 3.05) is 16.8 Å². The van der Waals surface area contributed by atoms with Crippen LogP contribution in [0.25, 0.3) is 0 Å². The Bertz CT molecular complexity index is 906. The van der Waals surface area contributed by atoms with Crippen molar-refractivity contribution in [1.29, 1.82) is 0 Å². The van der Waals surface area contributed by atoms with Gasteiger partial charge in [0.15, 0.2) is 0 Å². The second kappa shape index (κ2) is 7.26. The molecule has 0 spiro atoms. The summed E-state index contributed by atoms with van der Waals surface area (Å²) in [6.07, 6.45) is 5.07. The number of hydrogen-bond acceptors (Lipinski definition) is 6. The maximum Gasteiger partial charge on any atom is 0.226 e. The third kappa shape index (κ3) is 3.86. The first kappa shape index (κ1) is 17.3. The molecule has 0 amide bonds. The molecule has 138 valence electrons. The lowest BCUT2D eigenvalue weighted by atomic mass is 10.1. The van der Waals surface area contributed by atoms with Gasteiger partial charge in [-0.2, -0.15) is 0 Å². The van der Waals surface area contributed by atoms with Crippen LogP contribution in [0.4, 0.5) is 21.8 Å². The molecule has 3 aromatic heterocycles. The van der Waals surface area contributed by atoms with Gasteiger partial charge in [-0.3, -0.25) is 4.98 Å². The van der Waals surface area contributed by atoms with Gasteiger partial charge >= 0.3 is 0 Å². The first-order chi connectivity index (χ1) is 13.1. The summed E-state index contributed by atoms with van der Waals surface area (Å²) in [5.41, 5.74) is 3.75. The van der Waals surface area contributed by atoms with Crippen LogP contribution in [0.3, 0.4) is 0 Å². The van der Waals surface area contributed by atoms with Crippen molar-refractivity contribution < 1.29 is 4.39 Å². The molecular formula is C20H21FN6. The smallest absolute Gasteiger partial charge is 0.226 e. The van der Waals surface area contributed by atoms with E-state index in [1.807, 2.05) is 32.0 Å². The topological polar surface area (TPSA) is 66.8 Å². The maximum atomic E-state index is 13.0. The molecule has 4 rings (SSSR count). The summed E-state index contributed by atoms with van der Waals surface area (Å²) >= 11 is 0. The van der Waals surface area contributed by atoms with Gasteiger partial charge in [0.2, 0.25) is 5.95 Å². The molecule has 1 atom stereocenters. The Morgan fingerprint density at radius 3 is 2.52 bits per heavy atom. The standard InChI is InChI=1S/C20H21FN6/c1-13-10-14(2)25-20(24-13)27-9-3-4-18(27)17-7-6-16(12-22-17)26-19-8-5-15(21)11-23-19/h5-8,10-12,18H,3-4,9H2,1-2H3,(H,23,26)/t18-/m0/s1. The molecule has 1 aliphatic rings. The number of rotatable bonds is 4. The molecule has 1 fully saturated rings. The van der Waals surface area contributed by atoms with Crippen molar-refractivity contribution in [3.05, 3.63) is 65.6 Å². The van der Waals surface area contributed by atoms with E-state index in [1.54, 1.807) is 12.3 Å². The van der Waals surface area contributed by atoms with Gasteiger partial charge in [0, 0.05) is 17.9 Å². The number of pyridine rings is 2. The molecule has 0 saturated carbocycles. The Labute approximate surface area is 157 Å². The fourth-order valence-electron chi connectivity index (χ4n) is 3.42. The van der Waals surface area contributed by atoms with E-state index in [2.05, 4.69) is 30.2 Å². The van der Waals surface area contributed by atoms with Crippen molar-refractivity contribution in [3.63, 3.8) is 0 Å². The number of hydrogen-bond donors (Lipinski definition) is 1. The molecule has 4 heterocycles. The van der Waals surface area contributed by atoms with Crippen molar-refractivity contribution in [2.24, 2.45) is 0 Å². The van der Waals surface area contributed by atoms with Crippen LogP contribution >= 0.6 is 0 Å². The van der Waals surface area contributed by atoms with E-state index in [-0.39, 0.29) is 11.9 Å². The molecule has 0 aromatic carbocycles. The predicted molar refractivity (Wildman–Crippen MR) is 103 cm³/mol. The molecule has 0 radical (unpaired) electrons. The largest absolute Gasteiger partial charge is 0.339 e. The highest BCUT2D eigenvalue weighted by Crippen LogP contribution is 2.34. The summed E-state index contributed by atoms with van der Waals surface area (Å²) in [5.74, 6) is 0.996. The lowest BCUT2D eigenvalue weighted by molar-refractivity contribution is 0.622. The van der Waals surface area contributed by atoms with E-state index >= 15 is 0 Å². The monoisotopic (exact) mass is 364 g/mol. The minimum atomic E-state index is -0.357. The first-order valence-electron chi connectivity index (χ1n) is 9.02. The molecule has 6 nitrogen and oxygen atoms in total.